The molecule has 0 bridgehead atoms. The Bertz CT molecular complexity index is 568. The van der Waals surface area contributed by atoms with E-state index in [2.05, 4.69) is 20.2 Å². The molecule has 0 spiro atoms. The van der Waals surface area contributed by atoms with Crippen molar-refractivity contribution < 1.29 is 4.79 Å². The van der Waals surface area contributed by atoms with E-state index in [0.717, 1.165) is 17.9 Å². The van der Waals surface area contributed by atoms with Gasteiger partial charge in [0.15, 0.2) is 0 Å². The van der Waals surface area contributed by atoms with Crippen molar-refractivity contribution in [3.8, 4) is 0 Å². The van der Waals surface area contributed by atoms with Crippen molar-refractivity contribution >= 4 is 6.03 Å². The van der Waals surface area contributed by atoms with Crippen molar-refractivity contribution in [1.82, 2.24) is 25.1 Å². The molecule has 2 aromatic rings. The van der Waals surface area contributed by atoms with Gasteiger partial charge >= 0.3 is 6.03 Å². The molecule has 1 heterocycles. The minimum Gasteiger partial charge on any atom is -0.349 e. The molecule has 2 amide bonds. The average molecular weight is 315 g/mol. The zero-order valence-corrected chi connectivity index (χ0v) is 13.8. The molecule has 6 nitrogen and oxygen atoms in total. The van der Waals surface area contributed by atoms with E-state index in [4.69, 9.17) is 0 Å². The van der Waals surface area contributed by atoms with Gasteiger partial charge in [-0.15, -0.1) is 0 Å². The van der Waals surface area contributed by atoms with E-state index in [-0.39, 0.29) is 6.03 Å². The quantitative estimate of drug-likeness (QED) is 0.780. The van der Waals surface area contributed by atoms with Crippen LogP contribution in [0, 0.1) is 0 Å². The lowest BCUT2D eigenvalue weighted by Crippen LogP contribution is -2.43. The second-order valence-electron chi connectivity index (χ2n) is 5.73. The van der Waals surface area contributed by atoms with E-state index in [9.17, 15) is 4.79 Å². The Kier molecular flexibility index (Phi) is 6.62. The molecule has 2 rings (SSSR count). The second-order valence-corrected chi connectivity index (χ2v) is 5.73. The van der Waals surface area contributed by atoms with Gasteiger partial charge in [-0.3, -0.25) is 0 Å². The number of carbonyl (C=O) groups is 1. The number of likely N-dealkylation sites (N-methyl/N-ethyl adjacent to an activating group) is 1. The number of carbonyl (C=O) groups excluding carboxylic acids is 1. The fraction of sp³-hybridized carbons (Fsp3) is 0.412. The lowest BCUT2D eigenvalue weighted by atomic mass is 10.2. The van der Waals surface area contributed by atoms with Crippen molar-refractivity contribution in [3.63, 3.8) is 0 Å². The van der Waals surface area contributed by atoms with Crippen LogP contribution in [0.5, 0.6) is 0 Å². The molecule has 1 aromatic heterocycles. The van der Waals surface area contributed by atoms with Gasteiger partial charge in [-0.25, -0.2) is 9.78 Å². The highest BCUT2D eigenvalue weighted by atomic mass is 16.2. The van der Waals surface area contributed by atoms with E-state index in [1.165, 1.54) is 0 Å². The van der Waals surface area contributed by atoms with Gasteiger partial charge in [-0.05, 0) is 19.7 Å². The molecule has 124 valence electrons. The number of nitrogens with one attached hydrogen (secondary N) is 2. The Balaban J connectivity index is 1.87. The molecule has 0 atom stereocenters. The van der Waals surface area contributed by atoms with Crippen LogP contribution < -0.4 is 5.32 Å². The molecule has 0 aliphatic heterocycles. The predicted molar refractivity (Wildman–Crippen MR) is 91.1 cm³/mol. The summed E-state index contributed by atoms with van der Waals surface area (Å²) >= 11 is 0. The Morgan fingerprint density at radius 3 is 2.65 bits per heavy atom. The summed E-state index contributed by atoms with van der Waals surface area (Å²) in [6.07, 6.45) is 4.21. The number of urea groups is 1. The molecule has 0 aliphatic carbocycles. The molecule has 0 fully saturated rings. The number of amides is 2. The van der Waals surface area contributed by atoms with E-state index < -0.39 is 0 Å². The van der Waals surface area contributed by atoms with E-state index in [1.807, 2.05) is 49.3 Å². The summed E-state index contributed by atoms with van der Waals surface area (Å²) in [5.74, 6) is 0.883. The van der Waals surface area contributed by atoms with Gasteiger partial charge in [0.2, 0.25) is 0 Å². The maximum absolute atomic E-state index is 12.5. The van der Waals surface area contributed by atoms with Crippen LogP contribution in [0.2, 0.25) is 0 Å². The Morgan fingerprint density at radius 2 is 2.00 bits per heavy atom. The summed E-state index contributed by atoms with van der Waals surface area (Å²) in [6.45, 7) is 2.70. The smallest absolute Gasteiger partial charge is 0.317 e. The summed E-state index contributed by atoms with van der Waals surface area (Å²) in [5.41, 5.74) is 1.13. The maximum atomic E-state index is 12.5. The second kappa shape index (κ2) is 8.95. The number of benzene rings is 1. The Labute approximate surface area is 137 Å². The lowest BCUT2D eigenvalue weighted by molar-refractivity contribution is 0.189. The third-order valence-corrected chi connectivity index (χ3v) is 3.51. The summed E-state index contributed by atoms with van der Waals surface area (Å²) in [4.78, 5) is 23.6. The summed E-state index contributed by atoms with van der Waals surface area (Å²) in [6, 6.07) is 10.0. The minimum atomic E-state index is -0.0396. The number of aromatic nitrogens is 2. The van der Waals surface area contributed by atoms with Crippen molar-refractivity contribution in [2.45, 2.75) is 13.0 Å². The molecule has 1 aromatic carbocycles. The van der Waals surface area contributed by atoms with Gasteiger partial charge in [0.1, 0.15) is 5.82 Å². The molecular weight excluding hydrogens is 290 g/mol. The van der Waals surface area contributed by atoms with Crippen molar-refractivity contribution in [2.75, 3.05) is 33.7 Å². The first-order valence-corrected chi connectivity index (χ1v) is 7.85. The molecular formula is C17H25N5O. The van der Waals surface area contributed by atoms with Crippen LogP contribution in [0.3, 0.4) is 0 Å². The monoisotopic (exact) mass is 315 g/mol. The molecule has 0 unspecified atom stereocenters. The van der Waals surface area contributed by atoms with E-state index >= 15 is 0 Å². The highest BCUT2D eigenvalue weighted by Crippen LogP contribution is 2.05. The number of imidazole rings is 1. The van der Waals surface area contributed by atoms with Gasteiger partial charge in [0.25, 0.3) is 0 Å². The summed E-state index contributed by atoms with van der Waals surface area (Å²) in [5, 5.41) is 2.97. The van der Waals surface area contributed by atoms with Crippen LogP contribution in [0.25, 0.3) is 0 Å². The highest BCUT2D eigenvalue weighted by molar-refractivity contribution is 5.74. The predicted octanol–water partition coefficient (Wildman–Crippen LogP) is 1.73. The number of hydrogen-bond acceptors (Lipinski definition) is 3. The fourth-order valence-corrected chi connectivity index (χ4v) is 2.21. The third-order valence-electron chi connectivity index (χ3n) is 3.51. The average Bonchev–Trinajstić information content (AvgIpc) is 3.05. The van der Waals surface area contributed by atoms with Crippen LogP contribution in [-0.4, -0.2) is 59.5 Å². The molecule has 0 saturated carbocycles. The lowest BCUT2D eigenvalue weighted by Gasteiger charge is -2.25. The van der Waals surface area contributed by atoms with Crippen LogP contribution in [0.4, 0.5) is 4.79 Å². The largest absolute Gasteiger partial charge is 0.349 e. The van der Waals surface area contributed by atoms with Crippen LogP contribution in [0.1, 0.15) is 11.4 Å². The van der Waals surface area contributed by atoms with Gasteiger partial charge in [0.05, 0.1) is 0 Å². The maximum Gasteiger partial charge on any atom is 0.317 e. The van der Waals surface area contributed by atoms with Gasteiger partial charge in [0, 0.05) is 45.0 Å². The van der Waals surface area contributed by atoms with Gasteiger partial charge in [-0.1, -0.05) is 30.3 Å². The first kappa shape index (κ1) is 17.0. The number of hydrogen-bond donors (Lipinski definition) is 2. The SMILES string of the molecule is CN(C)CCN(Cc1ccccc1)C(=O)NCCc1ncc[nH]1. The minimum absolute atomic E-state index is 0.0396. The standard InChI is InChI=1S/C17H25N5O/c1-21(2)12-13-22(14-15-6-4-3-5-7-15)17(23)20-9-8-16-18-10-11-19-16/h3-7,10-11H,8-9,12-14H2,1-2H3,(H,18,19)(H,20,23). The topological polar surface area (TPSA) is 64.3 Å². The third kappa shape index (κ3) is 6.12. The molecule has 0 radical (unpaired) electrons. The number of H-pyrrole nitrogens is 1. The first-order valence-electron chi connectivity index (χ1n) is 7.85. The van der Waals surface area contributed by atoms with E-state index in [1.54, 1.807) is 12.4 Å². The Morgan fingerprint density at radius 1 is 1.22 bits per heavy atom. The van der Waals surface area contributed by atoms with Crippen LogP contribution >= 0.6 is 0 Å². The molecule has 23 heavy (non-hydrogen) atoms. The molecule has 0 saturated heterocycles. The van der Waals surface area contributed by atoms with Crippen molar-refractivity contribution in [2.24, 2.45) is 0 Å². The summed E-state index contributed by atoms with van der Waals surface area (Å²) in [7, 11) is 4.02. The molecule has 2 N–H and O–H groups in total. The van der Waals surface area contributed by atoms with Crippen molar-refractivity contribution in [1.29, 1.82) is 0 Å². The zero-order chi connectivity index (χ0) is 16.5. The Hall–Kier alpha value is -2.34. The van der Waals surface area contributed by atoms with Crippen LogP contribution in [-0.2, 0) is 13.0 Å². The van der Waals surface area contributed by atoms with Gasteiger partial charge in [-0.2, -0.15) is 0 Å². The fourth-order valence-electron chi connectivity index (χ4n) is 2.21. The van der Waals surface area contributed by atoms with E-state index in [0.29, 0.717) is 26.1 Å². The number of rotatable bonds is 8. The first-order chi connectivity index (χ1) is 11.1. The molecule has 6 heteroatoms. The van der Waals surface area contributed by atoms with Gasteiger partial charge < -0.3 is 20.1 Å². The van der Waals surface area contributed by atoms with Crippen molar-refractivity contribution in [3.05, 3.63) is 54.1 Å². The normalized spacial score (nSPS) is 10.7. The number of nitrogens with zero attached hydrogens (tertiary/aromatic N) is 3. The summed E-state index contributed by atoms with van der Waals surface area (Å²) < 4.78 is 0. The van der Waals surface area contributed by atoms with Crippen LogP contribution in [0.15, 0.2) is 42.7 Å². The highest BCUT2D eigenvalue weighted by Gasteiger charge is 2.13. The molecule has 0 aliphatic rings. The number of aromatic amines is 1. The zero-order valence-electron chi connectivity index (χ0n) is 13.8.